The lowest BCUT2D eigenvalue weighted by Crippen LogP contribution is -2.33. The molecule has 0 aromatic heterocycles. The topological polar surface area (TPSA) is 66.4 Å². The van der Waals surface area contributed by atoms with Gasteiger partial charge in [0.25, 0.3) is 5.91 Å². The number of carbonyl (C=O) groups excluding carboxylic acids is 1. The minimum atomic E-state index is -0.904. The van der Waals surface area contributed by atoms with E-state index in [1.54, 1.807) is 25.1 Å². The highest BCUT2D eigenvalue weighted by atomic mass is 127. The minimum absolute atomic E-state index is 0.118. The molecule has 18 heavy (non-hydrogen) atoms. The van der Waals surface area contributed by atoms with Crippen LogP contribution >= 0.6 is 34.2 Å². The SMILES string of the molecule is CCC(CNC(=O)c1cc(Cl)ccc1I)C(=O)O. The lowest BCUT2D eigenvalue weighted by Gasteiger charge is -2.12. The highest BCUT2D eigenvalue weighted by molar-refractivity contribution is 14.1. The fourth-order valence-corrected chi connectivity index (χ4v) is 2.14. The fourth-order valence-electron chi connectivity index (χ4n) is 1.39. The number of carboxylic acid groups (broad SMARTS) is 1. The number of hydrogen-bond acceptors (Lipinski definition) is 2. The number of carbonyl (C=O) groups is 2. The summed E-state index contributed by atoms with van der Waals surface area (Å²) in [5, 5.41) is 12.0. The number of benzene rings is 1. The van der Waals surface area contributed by atoms with E-state index in [1.165, 1.54) is 0 Å². The Balaban J connectivity index is 2.71. The smallest absolute Gasteiger partial charge is 0.308 e. The number of hydrogen-bond donors (Lipinski definition) is 2. The molecular formula is C12H13ClINO3. The first-order chi connectivity index (χ1) is 8.45. The fraction of sp³-hybridized carbons (Fsp3) is 0.333. The van der Waals surface area contributed by atoms with Gasteiger partial charge in [0.2, 0.25) is 0 Å². The van der Waals surface area contributed by atoms with Crippen LogP contribution in [0.3, 0.4) is 0 Å². The molecule has 0 aliphatic carbocycles. The van der Waals surface area contributed by atoms with E-state index in [-0.39, 0.29) is 12.5 Å². The maximum absolute atomic E-state index is 11.9. The van der Waals surface area contributed by atoms with E-state index >= 15 is 0 Å². The highest BCUT2D eigenvalue weighted by Gasteiger charge is 2.17. The predicted octanol–water partition coefficient (Wildman–Crippen LogP) is 2.79. The van der Waals surface area contributed by atoms with Gasteiger partial charge in [-0.15, -0.1) is 0 Å². The van der Waals surface area contributed by atoms with Crippen molar-refractivity contribution < 1.29 is 14.7 Å². The van der Waals surface area contributed by atoms with Gasteiger partial charge in [-0.1, -0.05) is 18.5 Å². The third kappa shape index (κ3) is 4.13. The number of rotatable bonds is 5. The van der Waals surface area contributed by atoms with Gasteiger partial charge in [0.15, 0.2) is 0 Å². The Morgan fingerprint density at radius 1 is 1.50 bits per heavy atom. The Morgan fingerprint density at radius 2 is 2.17 bits per heavy atom. The Bertz CT molecular complexity index is 465. The first kappa shape index (κ1) is 15.2. The third-order valence-electron chi connectivity index (χ3n) is 2.52. The summed E-state index contributed by atoms with van der Waals surface area (Å²) in [5.74, 6) is -1.77. The second-order valence-electron chi connectivity index (χ2n) is 3.78. The van der Waals surface area contributed by atoms with Gasteiger partial charge in [-0.25, -0.2) is 0 Å². The zero-order chi connectivity index (χ0) is 13.7. The van der Waals surface area contributed by atoms with Crippen molar-refractivity contribution in [2.45, 2.75) is 13.3 Å². The molecule has 2 N–H and O–H groups in total. The highest BCUT2D eigenvalue weighted by Crippen LogP contribution is 2.17. The van der Waals surface area contributed by atoms with Gasteiger partial charge in [0.1, 0.15) is 0 Å². The van der Waals surface area contributed by atoms with Crippen molar-refractivity contribution in [3.8, 4) is 0 Å². The van der Waals surface area contributed by atoms with Gasteiger partial charge in [0, 0.05) is 15.1 Å². The van der Waals surface area contributed by atoms with Crippen molar-refractivity contribution in [2.24, 2.45) is 5.92 Å². The second-order valence-corrected chi connectivity index (χ2v) is 5.38. The van der Waals surface area contributed by atoms with Crippen molar-refractivity contribution >= 4 is 46.1 Å². The van der Waals surface area contributed by atoms with E-state index in [0.717, 1.165) is 3.57 Å². The van der Waals surface area contributed by atoms with Crippen molar-refractivity contribution in [2.75, 3.05) is 6.54 Å². The van der Waals surface area contributed by atoms with Crippen LogP contribution in [0.2, 0.25) is 5.02 Å². The molecule has 1 unspecified atom stereocenters. The molecule has 0 bridgehead atoms. The third-order valence-corrected chi connectivity index (χ3v) is 3.70. The van der Waals surface area contributed by atoms with Crippen LogP contribution in [0.5, 0.6) is 0 Å². The molecule has 1 atom stereocenters. The van der Waals surface area contributed by atoms with E-state index in [2.05, 4.69) is 5.32 Å². The minimum Gasteiger partial charge on any atom is -0.481 e. The molecule has 4 nitrogen and oxygen atoms in total. The van der Waals surface area contributed by atoms with Crippen molar-refractivity contribution in [1.82, 2.24) is 5.32 Å². The van der Waals surface area contributed by atoms with Gasteiger partial charge < -0.3 is 10.4 Å². The zero-order valence-electron chi connectivity index (χ0n) is 9.74. The van der Waals surface area contributed by atoms with Crippen LogP contribution in [-0.2, 0) is 4.79 Å². The van der Waals surface area contributed by atoms with Crippen LogP contribution in [0.15, 0.2) is 18.2 Å². The molecule has 0 spiro atoms. The van der Waals surface area contributed by atoms with E-state index in [4.69, 9.17) is 16.7 Å². The Hall–Kier alpha value is -0.820. The normalized spacial score (nSPS) is 11.9. The van der Waals surface area contributed by atoms with Crippen molar-refractivity contribution in [1.29, 1.82) is 0 Å². The quantitative estimate of drug-likeness (QED) is 0.771. The molecular weight excluding hydrogens is 368 g/mol. The molecule has 1 rings (SSSR count). The zero-order valence-corrected chi connectivity index (χ0v) is 12.7. The summed E-state index contributed by atoms with van der Waals surface area (Å²) < 4.78 is 0.776. The number of nitrogens with one attached hydrogen (secondary N) is 1. The van der Waals surface area contributed by atoms with Crippen molar-refractivity contribution in [3.05, 3.63) is 32.4 Å². The molecule has 0 fully saturated rings. The molecule has 0 aliphatic heterocycles. The van der Waals surface area contributed by atoms with Crippen LogP contribution in [-0.4, -0.2) is 23.5 Å². The average Bonchev–Trinajstić information content (AvgIpc) is 2.32. The summed E-state index contributed by atoms with van der Waals surface area (Å²) in [4.78, 5) is 22.7. The molecule has 0 aliphatic rings. The Kier molecular flexibility index (Phi) is 5.87. The predicted molar refractivity (Wildman–Crippen MR) is 77.9 cm³/mol. The molecule has 0 saturated heterocycles. The first-order valence-corrected chi connectivity index (χ1v) is 6.87. The van der Waals surface area contributed by atoms with Gasteiger partial charge in [-0.3, -0.25) is 9.59 Å². The molecule has 1 aromatic rings. The van der Waals surface area contributed by atoms with Gasteiger partial charge in [0.05, 0.1) is 11.5 Å². The maximum Gasteiger partial charge on any atom is 0.308 e. The number of aliphatic carboxylic acids is 1. The first-order valence-electron chi connectivity index (χ1n) is 5.41. The van der Waals surface area contributed by atoms with Crippen LogP contribution in [0.1, 0.15) is 23.7 Å². The lowest BCUT2D eigenvalue weighted by atomic mass is 10.1. The molecule has 98 valence electrons. The van der Waals surface area contributed by atoms with Crippen LogP contribution in [0.25, 0.3) is 0 Å². The molecule has 1 aromatic carbocycles. The van der Waals surface area contributed by atoms with Crippen LogP contribution in [0.4, 0.5) is 0 Å². The summed E-state index contributed by atoms with van der Waals surface area (Å²) in [6, 6.07) is 5.01. The average molecular weight is 382 g/mol. The van der Waals surface area contributed by atoms with Crippen LogP contribution in [0, 0.1) is 9.49 Å². The standard InChI is InChI=1S/C12H13ClINO3/c1-2-7(12(17)18)6-15-11(16)9-5-8(13)3-4-10(9)14/h3-5,7H,2,6H2,1H3,(H,15,16)(H,17,18). The molecule has 1 amide bonds. The van der Waals surface area contributed by atoms with E-state index < -0.39 is 11.9 Å². The summed E-state index contributed by atoms with van der Waals surface area (Å²) in [6.45, 7) is 1.89. The number of halogens is 2. The lowest BCUT2D eigenvalue weighted by molar-refractivity contribution is -0.141. The van der Waals surface area contributed by atoms with Gasteiger partial charge in [-0.05, 0) is 47.2 Å². The van der Waals surface area contributed by atoms with Crippen LogP contribution < -0.4 is 5.32 Å². The molecule has 6 heteroatoms. The Labute approximate surface area is 124 Å². The van der Waals surface area contributed by atoms with E-state index in [1.807, 2.05) is 22.6 Å². The largest absolute Gasteiger partial charge is 0.481 e. The molecule has 0 saturated carbocycles. The van der Waals surface area contributed by atoms with E-state index in [0.29, 0.717) is 17.0 Å². The summed E-state index contributed by atoms with van der Waals surface area (Å²) >= 11 is 7.86. The monoisotopic (exact) mass is 381 g/mol. The second kappa shape index (κ2) is 6.94. The Morgan fingerprint density at radius 3 is 2.72 bits per heavy atom. The summed E-state index contributed by atoms with van der Waals surface area (Å²) in [5.41, 5.74) is 0.461. The summed E-state index contributed by atoms with van der Waals surface area (Å²) in [6.07, 6.45) is 0.474. The molecule has 0 heterocycles. The van der Waals surface area contributed by atoms with Gasteiger partial charge in [-0.2, -0.15) is 0 Å². The molecule has 0 radical (unpaired) electrons. The number of carboxylic acids is 1. The van der Waals surface area contributed by atoms with E-state index in [9.17, 15) is 9.59 Å². The summed E-state index contributed by atoms with van der Waals surface area (Å²) in [7, 11) is 0. The number of amides is 1. The maximum atomic E-state index is 11.9. The van der Waals surface area contributed by atoms with Gasteiger partial charge >= 0.3 is 5.97 Å². The van der Waals surface area contributed by atoms with Crippen molar-refractivity contribution in [3.63, 3.8) is 0 Å².